The molecule has 0 saturated carbocycles. The predicted octanol–water partition coefficient (Wildman–Crippen LogP) is 2.71. The number of sulfonamides is 1. The van der Waals surface area contributed by atoms with E-state index in [1.165, 1.54) is 0 Å². The van der Waals surface area contributed by atoms with E-state index >= 15 is 0 Å². The Morgan fingerprint density at radius 2 is 1.83 bits per heavy atom. The van der Waals surface area contributed by atoms with Crippen molar-refractivity contribution in [1.29, 1.82) is 0 Å². The lowest BCUT2D eigenvalue weighted by Gasteiger charge is -2.08. The summed E-state index contributed by atoms with van der Waals surface area (Å²) >= 11 is 5.60. The van der Waals surface area contributed by atoms with Crippen LogP contribution in [0.4, 0.5) is 4.39 Å². The topological polar surface area (TPSA) is 75.3 Å². The van der Waals surface area contributed by atoms with Crippen LogP contribution in [0.1, 0.15) is 22.8 Å². The van der Waals surface area contributed by atoms with Crippen LogP contribution in [0, 0.1) is 5.82 Å². The summed E-state index contributed by atoms with van der Waals surface area (Å²) in [6.07, 6.45) is 0. The third-order valence-electron chi connectivity index (χ3n) is 3.22. The molecule has 0 atom stereocenters. The van der Waals surface area contributed by atoms with Gasteiger partial charge in [-0.1, -0.05) is 23.7 Å². The van der Waals surface area contributed by atoms with Crippen LogP contribution >= 0.6 is 11.6 Å². The van der Waals surface area contributed by atoms with Crippen molar-refractivity contribution < 1.29 is 17.6 Å². The second-order valence-electron chi connectivity index (χ2n) is 4.96. The number of carbonyl (C=O) groups is 1. The van der Waals surface area contributed by atoms with Gasteiger partial charge in [0.25, 0.3) is 5.91 Å². The van der Waals surface area contributed by atoms with Crippen molar-refractivity contribution in [3.8, 4) is 0 Å². The van der Waals surface area contributed by atoms with Crippen molar-refractivity contribution in [3.05, 3.63) is 64.4 Å². The molecule has 8 heteroatoms. The van der Waals surface area contributed by atoms with Gasteiger partial charge in [0.2, 0.25) is 10.0 Å². The highest BCUT2D eigenvalue weighted by Gasteiger charge is 2.15. The molecular formula is C16H16ClFN2O3S. The van der Waals surface area contributed by atoms with E-state index in [0.29, 0.717) is 17.7 Å². The number of amides is 1. The Hall–Kier alpha value is -1.96. The van der Waals surface area contributed by atoms with Gasteiger partial charge < -0.3 is 5.32 Å². The van der Waals surface area contributed by atoms with E-state index in [2.05, 4.69) is 10.0 Å². The molecule has 2 aromatic carbocycles. The van der Waals surface area contributed by atoms with Gasteiger partial charge in [0.1, 0.15) is 5.82 Å². The molecule has 0 fully saturated rings. The number of benzene rings is 2. The molecule has 128 valence electrons. The summed E-state index contributed by atoms with van der Waals surface area (Å²) in [5, 5.41) is 2.42. The highest BCUT2D eigenvalue weighted by molar-refractivity contribution is 7.89. The zero-order chi connectivity index (χ0) is 17.7. The van der Waals surface area contributed by atoms with Gasteiger partial charge in [0.05, 0.1) is 9.92 Å². The molecule has 2 N–H and O–H groups in total. The highest BCUT2D eigenvalue weighted by atomic mass is 35.5. The van der Waals surface area contributed by atoms with Gasteiger partial charge in [0, 0.05) is 18.7 Å². The average Bonchev–Trinajstić information content (AvgIpc) is 2.56. The number of rotatable bonds is 6. The van der Waals surface area contributed by atoms with Crippen molar-refractivity contribution >= 4 is 27.5 Å². The monoisotopic (exact) mass is 370 g/mol. The van der Waals surface area contributed by atoms with Crippen LogP contribution in [0.5, 0.6) is 0 Å². The molecule has 0 heterocycles. The first-order valence-corrected chi connectivity index (χ1v) is 9.01. The maximum atomic E-state index is 13.1. The van der Waals surface area contributed by atoms with Crippen LogP contribution in [0.3, 0.4) is 0 Å². The summed E-state index contributed by atoms with van der Waals surface area (Å²) in [5.74, 6) is -0.873. The fraction of sp³-hybridized carbons (Fsp3) is 0.188. The summed E-state index contributed by atoms with van der Waals surface area (Å²) in [4.78, 5) is 11.5. The molecule has 2 rings (SSSR count). The van der Waals surface area contributed by atoms with Gasteiger partial charge in [-0.15, -0.1) is 0 Å². The first-order chi connectivity index (χ1) is 11.3. The summed E-state index contributed by atoms with van der Waals surface area (Å²) < 4.78 is 39.9. The van der Waals surface area contributed by atoms with Gasteiger partial charge in [-0.25, -0.2) is 17.5 Å². The van der Waals surface area contributed by atoms with E-state index in [1.54, 1.807) is 24.3 Å². The normalized spacial score (nSPS) is 11.3. The average molecular weight is 371 g/mol. The second kappa shape index (κ2) is 7.74. The SMILES string of the molecule is CCNC(=O)c1ccc(CNS(=O)(=O)c2ccc(F)c(Cl)c2)cc1. The van der Waals surface area contributed by atoms with Crippen molar-refractivity contribution in [2.45, 2.75) is 18.4 Å². The lowest BCUT2D eigenvalue weighted by atomic mass is 10.1. The maximum absolute atomic E-state index is 13.1. The summed E-state index contributed by atoms with van der Waals surface area (Å²) in [5.41, 5.74) is 1.17. The van der Waals surface area contributed by atoms with Crippen LogP contribution in [0.25, 0.3) is 0 Å². The van der Waals surface area contributed by atoms with Crippen LogP contribution in [-0.2, 0) is 16.6 Å². The molecule has 0 aromatic heterocycles. The molecule has 0 aliphatic heterocycles. The minimum absolute atomic E-state index is 0.0347. The quantitative estimate of drug-likeness (QED) is 0.821. The minimum atomic E-state index is -3.81. The zero-order valence-electron chi connectivity index (χ0n) is 12.8. The summed E-state index contributed by atoms with van der Waals surface area (Å²) in [6, 6.07) is 9.74. The lowest BCUT2D eigenvalue weighted by Crippen LogP contribution is -2.24. The molecule has 5 nitrogen and oxygen atoms in total. The lowest BCUT2D eigenvalue weighted by molar-refractivity contribution is 0.0956. The maximum Gasteiger partial charge on any atom is 0.251 e. The Balaban J connectivity index is 2.06. The number of hydrogen-bond donors (Lipinski definition) is 2. The Morgan fingerprint density at radius 1 is 1.17 bits per heavy atom. The molecule has 1 amide bonds. The van der Waals surface area contributed by atoms with Gasteiger partial charge in [-0.3, -0.25) is 4.79 Å². The second-order valence-corrected chi connectivity index (χ2v) is 7.13. The van der Waals surface area contributed by atoms with E-state index in [0.717, 1.165) is 18.2 Å². The zero-order valence-corrected chi connectivity index (χ0v) is 14.4. The molecule has 0 unspecified atom stereocenters. The Kier molecular flexibility index (Phi) is 5.93. The third-order valence-corrected chi connectivity index (χ3v) is 4.91. The first kappa shape index (κ1) is 18.4. The number of nitrogens with one attached hydrogen (secondary N) is 2. The largest absolute Gasteiger partial charge is 0.352 e. The van der Waals surface area contributed by atoms with Gasteiger partial charge >= 0.3 is 0 Å². The number of hydrogen-bond acceptors (Lipinski definition) is 3. The van der Waals surface area contributed by atoms with E-state index in [9.17, 15) is 17.6 Å². The predicted molar refractivity (Wildman–Crippen MR) is 89.9 cm³/mol. The Labute approximate surface area is 144 Å². The van der Waals surface area contributed by atoms with E-state index in [4.69, 9.17) is 11.6 Å². The minimum Gasteiger partial charge on any atom is -0.352 e. The molecule has 24 heavy (non-hydrogen) atoms. The number of carbonyl (C=O) groups excluding carboxylic acids is 1. The van der Waals surface area contributed by atoms with Gasteiger partial charge in [0.15, 0.2) is 0 Å². The summed E-state index contributed by atoms with van der Waals surface area (Å²) in [6.45, 7) is 2.39. The van der Waals surface area contributed by atoms with Crippen LogP contribution in [-0.4, -0.2) is 20.9 Å². The molecule has 0 radical (unpaired) electrons. The van der Waals surface area contributed by atoms with E-state index < -0.39 is 15.8 Å². The number of halogens is 2. The smallest absolute Gasteiger partial charge is 0.251 e. The van der Waals surface area contributed by atoms with E-state index in [-0.39, 0.29) is 22.4 Å². The fourth-order valence-electron chi connectivity index (χ4n) is 1.94. The summed E-state index contributed by atoms with van der Waals surface area (Å²) in [7, 11) is -3.81. The van der Waals surface area contributed by atoms with Gasteiger partial charge in [-0.2, -0.15) is 0 Å². The van der Waals surface area contributed by atoms with Gasteiger partial charge in [-0.05, 0) is 42.8 Å². The van der Waals surface area contributed by atoms with Crippen molar-refractivity contribution in [3.63, 3.8) is 0 Å². The molecule has 0 bridgehead atoms. The standard InChI is InChI=1S/C16H16ClFN2O3S/c1-2-19-16(21)12-5-3-11(4-6-12)10-20-24(22,23)13-7-8-15(18)14(17)9-13/h3-9,20H,2,10H2,1H3,(H,19,21). The fourth-order valence-corrected chi connectivity index (χ4v) is 3.23. The Bertz CT molecular complexity index is 839. The van der Waals surface area contributed by atoms with E-state index in [1.807, 2.05) is 6.92 Å². The van der Waals surface area contributed by atoms with Crippen LogP contribution in [0.15, 0.2) is 47.4 Å². The first-order valence-electron chi connectivity index (χ1n) is 7.15. The molecule has 0 aliphatic carbocycles. The van der Waals surface area contributed by atoms with Crippen molar-refractivity contribution in [2.75, 3.05) is 6.54 Å². The van der Waals surface area contributed by atoms with Crippen molar-refractivity contribution in [2.24, 2.45) is 0 Å². The third kappa shape index (κ3) is 4.53. The Morgan fingerprint density at radius 3 is 2.42 bits per heavy atom. The van der Waals surface area contributed by atoms with Crippen LogP contribution in [0.2, 0.25) is 5.02 Å². The molecule has 2 aromatic rings. The molecule has 0 spiro atoms. The highest BCUT2D eigenvalue weighted by Crippen LogP contribution is 2.19. The molecule has 0 saturated heterocycles. The molecular weight excluding hydrogens is 355 g/mol. The van der Waals surface area contributed by atoms with Crippen LogP contribution < -0.4 is 10.0 Å². The molecule has 0 aliphatic rings. The van der Waals surface area contributed by atoms with Crippen molar-refractivity contribution in [1.82, 2.24) is 10.0 Å².